The fourth-order valence-corrected chi connectivity index (χ4v) is 4.81. The van der Waals surface area contributed by atoms with Gasteiger partial charge in [0.15, 0.2) is 6.10 Å². The molecule has 3 N–H and O–H groups in total. The molecule has 180 valence electrons. The Bertz CT molecular complexity index is 1010. The van der Waals surface area contributed by atoms with Gasteiger partial charge in [0, 0.05) is 25.0 Å². The molecule has 1 aliphatic carbocycles. The second-order valence-electron chi connectivity index (χ2n) is 8.73. The minimum absolute atomic E-state index is 0.0630. The number of carbonyl (C=O) groups is 3. The predicted molar refractivity (Wildman–Crippen MR) is 125 cm³/mol. The number of amides is 2. The summed E-state index contributed by atoms with van der Waals surface area (Å²) in [7, 11) is 0. The molecule has 2 aliphatic rings. The summed E-state index contributed by atoms with van der Waals surface area (Å²) in [4.78, 5) is 36.6. The molecule has 1 saturated heterocycles. The van der Waals surface area contributed by atoms with E-state index in [9.17, 15) is 19.5 Å². The molecule has 0 aromatic heterocycles. The van der Waals surface area contributed by atoms with Crippen molar-refractivity contribution >= 4 is 18.0 Å². The minimum atomic E-state index is -1.03. The number of ether oxygens (including phenoxy) is 2. The van der Waals surface area contributed by atoms with Crippen LogP contribution in [0.1, 0.15) is 43.2 Å². The highest BCUT2D eigenvalue weighted by Gasteiger charge is 2.35. The first kappa shape index (κ1) is 23.8. The molecule has 8 heteroatoms. The van der Waals surface area contributed by atoms with Gasteiger partial charge in [-0.2, -0.15) is 0 Å². The van der Waals surface area contributed by atoms with Crippen molar-refractivity contribution in [3.8, 4) is 11.1 Å². The van der Waals surface area contributed by atoms with E-state index < -0.39 is 24.2 Å². The van der Waals surface area contributed by atoms with Crippen LogP contribution in [-0.2, 0) is 19.1 Å². The third kappa shape index (κ3) is 5.07. The number of carboxylic acids is 1. The van der Waals surface area contributed by atoms with Crippen molar-refractivity contribution in [2.75, 3.05) is 19.8 Å². The molecule has 0 bridgehead atoms. The first-order chi connectivity index (χ1) is 16.5. The molecule has 1 heterocycles. The lowest BCUT2D eigenvalue weighted by atomic mass is 9.98. The van der Waals surface area contributed by atoms with Crippen LogP contribution in [-0.4, -0.2) is 55.0 Å². The maximum atomic E-state index is 12.7. The SMILES string of the molecule is CCC[C@H](NC(=O)OCC1c2ccccc2-c2ccccc21)C(=O)NC[C@H]1CCO[C@H]1C(=O)O. The van der Waals surface area contributed by atoms with Gasteiger partial charge in [-0.25, -0.2) is 9.59 Å². The number of alkyl carbamates (subject to hydrolysis) is 1. The normalized spacial score (nSPS) is 19.7. The van der Waals surface area contributed by atoms with Crippen LogP contribution < -0.4 is 10.6 Å². The van der Waals surface area contributed by atoms with Crippen LogP contribution in [0.4, 0.5) is 4.79 Å². The topological polar surface area (TPSA) is 114 Å². The molecule has 2 amide bonds. The lowest BCUT2D eigenvalue weighted by molar-refractivity contribution is -0.149. The fourth-order valence-electron chi connectivity index (χ4n) is 4.81. The average Bonchev–Trinajstić information content (AvgIpc) is 3.44. The lowest BCUT2D eigenvalue weighted by Crippen LogP contribution is -2.48. The number of aliphatic carboxylic acids is 1. The van der Waals surface area contributed by atoms with Gasteiger partial charge in [-0.15, -0.1) is 0 Å². The first-order valence-electron chi connectivity index (χ1n) is 11.7. The van der Waals surface area contributed by atoms with E-state index in [1.54, 1.807) is 0 Å². The molecule has 1 fully saturated rings. The average molecular weight is 467 g/mol. The zero-order valence-electron chi connectivity index (χ0n) is 19.2. The number of carbonyl (C=O) groups excluding carboxylic acids is 2. The summed E-state index contributed by atoms with van der Waals surface area (Å²) in [5, 5.41) is 14.7. The summed E-state index contributed by atoms with van der Waals surface area (Å²) in [6.45, 7) is 2.63. The fraction of sp³-hybridized carbons (Fsp3) is 0.423. The van der Waals surface area contributed by atoms with Gasteiger partial charge in [0.25, 0.3) is 0 Å². The van der Waals surface area contributed by atoms with Gasteiger partial charge in [0.05, 0.1) is 0 Å². The monoisotopic (exact) mass is 466 g/mol. The Morgan fingerprint density at radius 1 is 1.09 bits per heavy atom. The molecule has 0 spiro atoms. The smallest absolute Gasteiger partial charge is 0.407 e. The number of carboxylic acid groups (broad SMARTS) is 1. The molecule has 34 heavy (non-hydrogen) atoms. The van der Waals surface area contributed by atoms with Crippen LogP contribution in [0, 0.1) is 5.92 Å². The standard InChI is InChI=1S/C26H30N2O6/c1-2-7-22(24(29)27-14-16-12-13-33-23(16)25(30)31)28-26(32)34-15-21-19-10-5-3-8-17(19)18-9-4-6-11-20(18)21/h3-6,8-11,16,21-23H,2,7,12-15H2,1H3,(H,27,29)(H,28,32)(H,30,31)/t16-,22+,23-/m1/s1. The van der Waals surface area contributed by atoms with E-state index in [1.165, 1.54) is 0 Å². The van der Waals surface area contributed by atoms with Crippen LogP contribution in [0.2, 0.25) is 0 Å². The Hall–Kier alpha value is -3.39. The van der Waals surface area contributed by atoms with E-state index >= 15 is 0 Å². The Morgan fingerprint density at radius 3 is 2.35 bits per heavy atom. The van der Waals surface area contributed by atoms with Crippen molar-refractivity contribution in [1.29, 1.82) is 0 Å². The Morgan fingerprint density at radius 2 is 1.74 bits per heavy atom. The van der Waals surface area contributed by atoms with Crippen molar-refractivity contribution in [1.82, 2.24) is 10.6 Å². The van der Waals surface area contributed by atoms with Crippen molar-refractivity contribution in [3.05, 3.63) is 59.7 Å². The van der Waals surface area contributed by atoms with Gasteiger partial charge in [-0.05, 0) is 35.1 Å². The number of benzene rings is 2. The number of fused-ring (bicyclic) bond motifs is 3. The van der Waals surface area contributed by atoms with Gasteiger partial charge < -0.3 is 25.2 Å². The van der Waals surface area contributed by atoms with Crippen LogP contribution in [0.5, 0.6) is 0 Å². The third-order valence-electron chi connectivity index (χ3n) is 6.53. The zero-order chi connectivity index (χ0) is 24.1. The molecule has 0 saturated carbocycles. The van der Waals surface area contributed by atoms with Crippen molar-refractivity contribution in [2.45, 2.75) is 44.2 Å². The van der Waals surface area contributed by atoms with Crippen LogP contribution in [0.15, 0.2) is 48.5 Å². The highest BCUT2D eigenvalue weighted by molar-refractivity contribution is 5.86. The maximum Gasteiger partial charge on any atom is 0.407 e. The number of nitrogens with one attached hydrogen (secondary N) is 2. The Balaban J connectivity index is 1.33. The maximum absolute atomic E-state index is 12.7. The van der Waals surface area contributed by atoms with Gasteiger partial charge >= 0.3 is 12.1 Å². The van der Waals surface area contributed by atoms with Crippen LogP contribution in [0.25, 0.3) is 11.1 Å². The second-order valence-corrected chi connectivity index (χ2v) is 8.73. The molecule has 0 radical (unpaired) electrons. The van der Waals surface area contributed by atoms with Gasteiger partial charge in [-0.3, -0.25) is 4.79 Å². The van der Waals surface area contributed by atoms with E-state index in [0.717, 1.165) is 22.3 Å². The van der Waals surface area contributed by atoms with Crippen LogP contribution >= 0.6 is 0 Å². The van der Waals surface area contributed by atoms with E-state index in [2.05, 4.69) is 22.8 Å². The second kappa shape index (κ2) is 10.7. The van der Waals surface area contributed by atoms with E-state index in [1.807, 2.05) is 43.3 Å². The highest BCUT2D eigenvalue weighted by atomic mass is 16.5. The summed E-state index contributed by atoms with van der Waals surface area (Å²) in [5.74, 6) is -1.74. The number of hydrogen-bond donors (Lipinski definition) is 3. The molecule has 4 rings (SSSR count). The van der Waals surface area contributed by atoms with Gasteiger partial charge in [0.2, 0.25) is 5.91 Å². The van der Waals surface area contributed by atoms with Crippen molar-refractivity contribution in [2.24, 2.45) is 5.92 Å². The number of rotatable bonds is 9. The molecule has 0 unspecified atom stereocenters. The van der Waals surface area contributed by atoms with Gasteiger partial charge in [0.1, 0.15) is 12.6 Å². The highest BCUT2D eigenvalue weighted by Crippen LogP contribution is 2.44. The van der Waals surface area contributed by atoms with Crippen molar-refractivity contribution < 1.29 is 29.0 Å². The summed E-state index contributed by atoms with van der Waals surface area (Å²) < 4.78 is 10.8. The van der Waals surface area contributed by atoms with Gasteiger partial charge in [-0.1, -0.05) is 61.9 Å². The molecule has 8 nitrogen and oxygen atoms in total. The van der Waals surface area contributed by atoms with E-state index in [0.29, 0.717) is 25.9 Å². The summed E-state index contributed by atoms with van der Waals surface area (Å²) >= 11 is 0. The Labute approximate surface area is 198 Å². The molecule has 1 aliphatic heterocycles. The van der Waals surface area contributed by atoms with E-state index in [-0.39, 0.29) is 30.9 Å². The zero-order valence-corrected chi connectivity index (χ0v) is 19.2. The summed E-state index contributed by atoms with van der Waals surface area (Å²) in [5.41, 5.74) is 4.52. The quantitative estimate of drug-likeness (QED) is 0.523. The summed E-state index contributed by atoms with van der Waals surface area (Å²) in [6.07, 6.45) is 0.129. The minimum Gasteiger partial charge on any atom is -0.479 e. The molecular formula is C26H30N2O6. The first-order valence-corrected chi connectivity index (χ1v) is 11.7. The lowest BCUT2D eigenvalue weighted by Gasteiger charge is -2.21. The molecule has 3 atom stereocenters. The summed E-state index contributed by atoms with van der Waals surface area (Å²) in [6, 6.07) is 15.4. The molecular weight excluding hydrogens is 436 g/mol. The van der Waals surface area contributed by atoms with E-state index in [4.69, 9.17) is 9.47 Å². The van der Waals surface area contributed by atoms with Crippen LogP contribution in [0.3, 0.4) is 0 Å². The predicted octanol–water partition coefficient (Wildman–Crippen LogP) is 3.30. The largest absolute Gasteiger partial charge is 0.479 e. The third-order valence-corrected chi connectivity index (χ3v) is 6.53. The van der Waals surface area contributed by atoms with Crippen molar-refractivity contribution in [3.63, 3.8) is 0 Å². The Kier molecular flexibility index (Phi) is 7.47. The molecule has 2 aromatic carbocycles. The molecule has 2 aromatic rings. The number of hydrogen-bond acceptors (Lipinski definition) is 5.